The van der Waals surface area contributed by atoms with Crippen LogP contribution in [-0.4, -0.2) is 20.7 Å². The van der Waals surface area contributed by atoms with Crippen LogP contribution in [0.5, 0.6) is 0 Å². The highest BCUT2D eigenvalue weighted by atomic mass is 16.1. The molecule has 0 unspecified atom stereocenters. The number of carbonyl (C=O) groups is 1. The van der Waals surface area contributed by atoms with Crippen molar-refractivity contribution in [3.05, 3.63) is 42.2 Å². The van der Waals surface area contributed by atoms with E-state index in [0.29, 0.717) is 0 Å². The molecule has 0 aliphatic rings. The molecule has 0 atom stereocenters. The summed E-state index contributed by atoms with van der Waals surface area (Å²) in [6, 6.07) is 7.59. The van der Waals surface area contributed by atoms with Crippen LogP contribution in [0, 0.1) is 0 Å². The number of hydrogen-bond acceptors (Lipinski definition) is 3. The highest BCUT2D eigenvalue weighted by molar-refractivity contribution is 5.99. The van der Waals surface area contributed by atoms with Gasteiger partial charge < -0.3 is 9.88 Å². The van der Waals surface area contributed by atoms with Gasteiger partial charge >= 0.3 is 0 Å². The first-order valence-electron chi connectivity index (χ1n) is 6.54. The molecule has 1 aromatic carbocycles. The molecule has 2 aromatic rings. The molecule has 0 spiro atoms. The minimum Gasteiger partial charge on any atom is -0.322 e. The third-order valence-electron chi connectivity index (χ3n) is 2.76. The summed E-state index contributed by atoms with van der Waals surface area (Å²) < 4.78 is 1.96. The van der Waals surface area contributed by atoms with Crippen molar-refractivity contribution in [1.29, 1.82) is 0 Å². The number of benzene rings is 1. The van der Waals surface area contributed by atoms with Gasteiger partial charge in [-0.2, -0.15) is 0 Å². The van der Waals surface area contributed by atoms with Crippen molar-refractivity contribution < 1.29 is 4.79 Å². The highest BCUT2D eigenvalue weighted by Gasteiger charge is 2.07. The Morgan fingerprint density at radius 1 is 1.40 bits per heavy atom. The first-order valence-corrected chi connectivity index (χ1v) is 6.54. The summed E-state index contributed by atoms with van der Waals surface area (Å²) in [7, 11) is 0. The van der Waals surface area contributed by atoms with Crippen molar-refractivity contribution in [3.63, 3.8) is 0 Å². The van der Waals surface area contributed by atoms with Crippen molar-refractivity contribution in [2.45, 2.75) is 27.3 Å². The van der Waals surface area contributed by atoms with Crippen LogP contribution in [0.25, 0.3) is 11.4 Å². The number of anilines is 1. The molecule has 1 aromatic heterocycles. The Labute approximate surface area is 118 Å². The first kappa shape index (κ1) is 14.0. The number of rotatable bonds is 4. The Morgan fingerprint density at radius 3 is 2.90 bits per heavy atom. The number of aromatic nitrogens is 3. The van der Waals surface area contributed by atoms with Crippen LogP contribution >= 0.6 is 0 Å². The molecular weight excluding hydrogens is 252 g/mol. The maximum atomic E-state index is 11.7. The minimum absolute atomic E-state index is 0.126. The molecule has 0 radical (unpaired) electrons. The molecule has 0 saturated carbocycles. The van der Waals surface area contributed by atoms with E-state index in [-0.39, 0.29) is 5.91 Å². The molecule has 0 aliphatic carbocycles. The molecule has 0 aliphatic heterocycles. The zero-order valence-electron chi connectivity index (χ0n) is 11.9. The van der Waals surface area contributed by atoms with E-state index >= 15 is 0 Å². The number of aryl methyl sites for hydroxylation is 1. The lowest BCUT2D eigenvalue weighted by Gasteiger charge is -2.06. The Kier molecular flexibility index (Phi) is 4.30. The molecular formula is C15H18N4O. The Bertz CT molecular complexity index is 639. The van der Waals surface area contributed by atoms with Crippen LogP contribution in [0.4, 0.5) is 5.69 Å². The SMILES string of the molecule is CCn1cnnc1-c1cccc(NC(=O)C=C(C)C)c1. The maximum Gasteiger partial charge on any atom is 0.248 e. The largest absolute Gasteiger partial charge is 0.322 e. The summed E-state index contributed by atoms with van der Waals surface area (Å²) in [5, 5.41) is 10.9. The van der Waals surface area contributed by atoms with Gasteiger partial charge in [-0.05, 0) is 32.9 Å². The number of carbonyl (C=O) groups excluding carboxylic acids is 1. The predicted octanol–water partition coefficient (Wildman–Crippen LogP) is 2.87. The topological polar surface area (TPSA) is 59.8 Å². The fourth-order valence-corrected chi connectivity index (χ4v) is 1.89. The van der Waals surface area contributed by atoms with E-state index in [1.54, 1.807) is 12.4 Å². The molecule has 20 heavy (non-hydrogen) atoms. The molecule has 1 amide bonds. The minimum atomic E-state index is -0.126. The van der Waals surface area contributed by atoms with E-state index < -0.39 is 0 Å². The molecule has 104 valence electrons. The Hall–Kier alpha value is -2.43. The van der Waals surface area contributed by atoms with Crippen LogP contribution in [-0.2, 0) is 11.3 Å². The fraction of sp³-hybridized carbons (Fsp3) is 0.267. The van der Waals surface area contributed by atoms with Crippen LogP contribution < -0.4 is 5.32 Å². The third kappa shape index (κ3) is 3.32. The van der Waals surface area contributed by atoms with Crippen molar-refractivity contribution >= 4 is 11.6 Å². The summed E-state index contributed by atoms with van der Waals surface area (Å²) in [6.45, 7) is 6.61. The second-order valence-electron chi connectivity index (χ2n) is 4.73. The number of amides is 1. The Morgan fingerprint density at radius 2 is 2.20 bits per heavy atom. The molecule has 2 rings (SSSR count). The Balaban J connectivity index is 2.25. The standard InChI is InChI=1S/C15H18N4O/c1-4-19-10-16-18-15(19)12-6-5-7-13(9-12)17-14(20)8-11(2)3/h5-10H,4H2,1-3H3,(H,17,20). The van der Waals surface area contributed by atoms with Gasteiger partial charge in [0.1, 0.15) is 6.33 Å². The lowest BCUT2D eigenvalue weighted by molar-refractivity contribution is -0.111. The molecule has 5 heteroatoms. The lowest BCUT2D eigenvalue weighted by atomic mass is 10.2. The van der Waals surface area contributed by atoms with E-state index in [9.17, 15) is 4.79 Å². The van der Waals surface area contributed by atoms with Gasteiger partial charge in [0, 0.05) is 23.9 Å². The van der Waals surface area contributed by atoms with Gasteiger partial charge in [0.25, 0.3) is 0 Å². The van der Waals surface area contributed by atoms with Crippen LogP contribution in [0.3, 0.4) is 0 Å². The second-order valence-corrected chi connectivity index (χ2v) is 4.73. The quantitative estimate of drug-likeness (QED) is 0.869. The monoisotopic (exact) mass is 270 g/mol. The zero-order valence-corrected chi connectivity index (χ0v) is 11.9. The van der Waals surface area contributed by atoms with Gasteiger partial charge in [0.05, 0.1) is 0 Å². The number of allylic oxidation sites excluding steroid dienone is 1. The molecule has 0 saturated heterocycles. The third-order valence-corrected chi connectivity index (χ3v) is 2.76. The van der Waals surface area contributed by atoms with Gasteiger partial charge in [-0.25, -0.2) is 0 Å². The maximum absolute atomic E-state index is 11.7. The van der Waals surface area contributed by atoms with E-state index in [2.05, 4.69) is 15.5 Å². The van der Waals surface area contributed by atoms with Crippen molar-refractivity contribution in [3.8, 4) is 11.4 Å². The van der Waals surface area contributed by atoms with Crippen molar-refractivity contribution in [1.82, 2.24) is 14.8 Å². The number of nitrogens with one attached hydrogen (secondary N) is 1. The summed E-state index contributed by atoms with van der Waals surface area (Å²) in [4.78, 5) is 11.7. The molecule has 1 N–H and O–H groups in total. The fourth-order valence-electron chi connectivity index (χ4n) is 1.89. The summed E-state index contributed by atoms with van der Waals surface area (Å²) in [5.74, 6) is 0.671. The average molecular weight is 270 g/mol. The number of nitrogens with zero attached hydrogens (tertiary/aromatic N) is 3. The van der Waals surface area contributed by atoms with E-state index in [4.69, 9.17) is 0 Å². The molecule has 0 fully saturated rings. The number of hydrogen-bond donors (Lipinski definition) is 1. The van der Waals surface area contributed by atoms with Crippen LogP contribution in [0.15, 0.2) is 42.2 Å². The zero-order chi connectivity index (χ0) is 14.5. The van der Waals surface area contributed by atoms with Gasteiger partial charge in [0.15, 0.2) is 5.82 Å². The van der Waals surface area contributed by atoms with E-state index in [1.807, 2.05) is 49.6 Å². The van der Waals surface area contributed by atoms with Gasteiger partial charge in [0.2, 0.25) is 5.91 Å². The van der Waals surface area contributed by atoms with Crippen molar-refractivity contribution in [2.24, 2.45) is 0 Å². The van der Waals surface area contributed by atoms with E-state index in [0.717, 1.165) is 29.2 Å². The van der Waals surface area contributed by atoms with Gasteiger partial charge in [-0.1, -0.05) is 17.7 Å². The van der Waals surface area contributed by atoms with Gasteiger partial charge in [-0.15, -0.1) is 10.2 Å². The van der Waals surface area contributed by atoms with Crippen LogP contribution in [0.1, 0.15) is 20.8 Å². The van der Waals surface area contributed by atoms with E-state index in [1.165, 1.54) is 0 Å². The predicted molar refractivity (Wildman–Crippen MR) is 79.2 cm³/mol. The van der Waals surface area contributed by atoms with Gasteiger partial charge in [-0.3, -0.25) is 4.79 Å². The normalized spacial score (nSPS) is 10.2. The average Bonchev–Trinajstić information content (AvgIpc) is 2.86. The molecule has 1 heterocycles. The molecule has 0 bridgehead atoms. The summed E-state index contributed by atoms with van der Waals surface area (Å²) in [5.41, 5.74) is 2.64. The first-order chi connectivity index (χ1) is 9.60. The van der Waals surface area contributed by atoms with Crippen LogP contribution in [0.2, 0.25) is 0 Å². The summed E-state index contributed by atoms with van der Waals surface area (Å²) in [6.07, 6.45) is 3.27. The molecule has 5 nitrogen and oxygen atoms in total. The highest BCUT2D eigenvalue weighted by Crippen LogP contribution is 2.20. The second kappa shape index (κ2) is 6.14. The smallest absolute Gasteiger partial charge is 0.248 e. The lowest BCUT2D eigenvalue weighted by Crippen LogP contribution is -2.08. The summed E-state index contributed by atoms with van der Waals surface area (Å²) >= 11 is 0. The van der Waals surface area contributed by atoms with Crippen molar-refractivity contribution in [2.75, 3.05) is 5.32 Å².